The lowest BCUT2D eigenvalue weighted by atomic mass is 10.0. The van der Waals surface area contributed by atoms with Crippen molar-refractivity contribution in [2.24, 2.45) is 5.92 Å². The van der Waals surface area contributed by atoms with E-state index >= 15 is 0 Å². The van der Waals surface area contributed by atoms with Crippen LogP contribution < -0.4 is 15.7 Å². The summed E-state index contributed by atoms with van der Waals surface area (Å²) in [5.74, 6) is 0.567. The van der Waals surface area contributed by atoms with Gasteiger partial charge < -0.3 is 29.0 Å². The van der Waals surface area contributed by atoms with Crippen LogP contribution in [0.4, 0.5) is 4.79 Å². The van der Waals surface area contributed by atoms with Crippen LogP contribution in [0.5, 0.6) is 0 Å². The molecule has 5 rings (SSSR count). The Balaban J connectivity index is 1.36. The maximum atomic E-state index is 14.3. The van der Waals surface area contributed by atoms with Crippen molar-refractivity contribution in [3.8, 4) is 0 Å². The Morgan fingerprint density at radius 3 is 2.12 bits per heavy atom. The first-order valence-electron chi connectivity index (χ1n) is 19.8. The summed E-state index contributed by atoms with van der Waals surface area (Å²) in [4.78, 5) is 43.9. The number of carbonyl (C=O) groups is 3. The van der Waals surface area contributed by atoms with Crippen molar-refractivity contribution in [1.82, 2.24) is 15.1 Å². The summed E-state index contributed by atoms with van der Waals surface area (Å²) in [6, 6.07) is 30.5. The van der Waals surface area contributed by atoms with Gasteiger partial charge in [-0.15, -0.1) is 0 Å². The Morgan fingerprint density at radius 2 is 1.59 bits per heavy atom. The molecule has 0 spiro atoms. The summed E-state index contributed by atoms with van der Waals surface area (Å²) < 4.78 is 18.9. The van der Waals surface area contributed by atoms with Crippen LogP contribution in [-0.2, 0) is 30.1 Å². The van der Waals surface area contributed by atoms with Crippen LogP contribution in [-0.4, -0.2) is 74.4 Å². The van der Waals surface area contributed by atoms with Crippen molar-refractivity contribution in [2.45, 2.75) is 90.5 Å². The third-order valence-electron chi connectivity index (χ3n) is 11.0. The number of nitrogens with one attached hydrogen (secondary N) is 1. The molecular weight excluding hydrogens is 719 g/mol. The van der Waals surface area contributed by atoms with Crippen LogP contribution in [0.25, 0.3) is 0 Å². The maximum absolute atomic E-state index is 14.3. The van der Waals surface area contributed by atoms with Crippen molar-refractivity contribution >= 4 is 36.6 Å². The normalized spacial score (nSPS) is 16.5. The van der Waals surface area contributed by atoms with Crippen molar-refractivity contribution in [1.29, 1.82) is 0 Å². The summed E-state index contributed by atoms with van der Waals surface area (Å²) >= 11 is 0. The summed E-state index contributed by atoms with van der Waals surface area (Å²) in [5.41, 5.74) is 0.496. The Morgan fingerprint density at radius 1 is 1.02 bits per heavy atom. The molecule has 10 heteroatoms. The predicted octanol–water partition coefficient (Wildman–Crippen LogP) is 7.49. The number of nitrogens with zero attached hydrogens (tertiary/aromatic N) is 2. The van der Waals surface area contributed by atoms with Gasteiger partial charge in [-0.25, -0.2) is 4.79 Å². The molecule has 56 heavy (non-hydrogen) atoms. The second-order valence-corrected chi connectivity index (χ2v) is 20.2. The molecule has 1 aliphatic carbocycles. The minimum absolute atomic E-state index is 0.116. The van der Waals surface area contributed by atoms with Gasteiger partial charge in [0.25, 0.3) is 14.2 Å². The molecule has 0 saturated heterocycles. The number of benzene rings is 3. The topological polar surface area (TPSA) is 97.4 Å². The highest BCUT2D eigenvalue weighted by molar-refractivity contribution is 6.99. The van der Waals surface area contributed by atoms with Crippen molar-refractivity contribution in [3.63, 3.8) is 0 Å². The van der Waals surface area contributed by atoms with Gasteiger partial charge in [-0.1, -0.05) is 131 Å². The molecule has 3 aromatic carbocycles. The Labute approximate surface area is 334 Å². The van der Waals surface area contributed by atoms with Gasteiger partial charge in [-0.3, -0.25) is 9.59 Å². The monoisotopic (exact) mass is 777 g/mol. The first-order chi connectivity index (χ1) is 26.7. The molecule has 3 aromatic rings. The molecule has 1 aliphatic heterocycles. The molecule has 3 amide bonds. The zero-order valence-electron chi connectivity index (χ0n) is 34.2. The highest BCUT2D eigenvalue weighted by Gasteiger charge is 2.54. The van der Waals surface area contributed by atoms with E-state index in [0.717, 1.165) is 12.0 Å². The molecule has 0 radical (unpaired) electrons. The minimum Gasteiger partial charge on any atom is -0.476 e. The number of hydrogen-bond acceptors (Lipinski definition) is 6. The molecule has 0 unspecified atom stereocenters. The third kappa shape index (κ3) is 9.71. The number of ether oxygens (including phenoxy) is 2. The molecule has 1 atom stereocenters. The fourth-order valence-electron chi connectivity index (χ4n) is 7.78. The molecular formula is C46H59N3O6Si. The van der Waals surface area contributed by atoms with Crippen LogP contribution in [0, 0.1) is 5.92 Å². The number of amides is 3. The van der Waals surface area contributed by atoms with E-state index in [1.165, 1.54) is 28.1 Å². The van der Waals surface area contributed by atoms with Crippen molar-refractivity contribution < 1.29 is 28.3 Å². The van der Waals surface area contributed by atoms with Gasteiger partial charge in [0, 0.05) is 25.7 Å². The summed E-state index contributed by atoms with van der Waals surface area (Å²) in [7, 11) is -1.06. The van der Waals surface area contributed by atoms with Gasteiger partial charge in [0.05, 0.1) is 18.3 Å². The van der Waals surface area contributed by atoms with Crippen molar-refractivity contribution in [2.75, 3.05) is 26.7 Å². The van der Waals surface area contributed by atoms with Crippen LogP contribution in [0.1, 0.15) is 72.8 Å². The lowest BCUT2D eigenvalue weighted by Crippen LogP contribution is -2.68. The number of rotatable bonds is 18. The van der Waals surface area contributed by atoms with Crippen molar-refractivity contribution in [3.05, 3.63) is 132 Å². The minimum atomic E-state index is -2.88. The second kappa shape index (κ2) is 18.3. The standard InChI is InChI=1S/C46H59N3O6Si/c1-9-37(33-54-56(38-22-16-12-17-23-38,39-24-18-13-19-25-39)45(4,5)31-35-26-27-35)48(8)42(50)34(3)30-40-41(10-2)55-46(6,7)43(51)49(40)29-28-47-44(52)53-32-36-20-14-11-15-21-36/h10-25,30,35,37H,2,9,26-29,31-33H2,1,3-8H3,(H,47,52)/b34-30+/t37-/m0/s1. The van der Waals surface area contributed by atoms with Gasteiger partial charge in [-0.2, -0.15) is 0 Å². The maximum Gasteiger partial charge on any atom is 0.407 e. The van der Waals surface area contributed by atoms with Crippen LogP contribution in [0.2, 0.25) is 5.04 Å². The SMILES string of the molecule is C=CC1=C(/C=C(\C)C(=O)N(C)[C@@H](CC)CO[Si](c2ccccc2)(c2ccccc2)C(C)(C)CC2CC2)N(CCNC(=O)OCc2ccccc2)C(=O)C(C)(C)O1. The molecule has 1 N–H and O–H groups in total. The average Bonchev–Trinajstić information content (AvgIpc) is 4.02. The Kier molecular flexibility index (Phi) is 13.8. The Hall–Kier alpha value is -4.93. The van der Waals surface area contributed by atoms with Gasteiger partial charge in [0.1, 0.15) is 12.4 Å². The molecule has 2 aliphatic rings. The smallest absolute Gasteiger partial charge is 0.407 e. The predicted molar refractivity (Wildman–Crippen MR) is 225 cm³/mol. The summed E-state index contributed by atoms with van der Waals surface area (Å²) in [6.07, 6.45) is 6.89. The number of alkyl carbamates (subject to hydrolysis) is 1. The number of carbonyl (C=O) groups excluding carboxylic acids is 3. The van der Waals surface area contributed by atoms with Crippen LogP contribution in [0.15, 0.2) is 127 Å². The third-order valence-corrected chi connectivity index (χ3v) is 16.0. The molecule has 9 nitrogen and oxygen atoms in total. The van der Waals surface area contributed by atoms with E-state index in [0.29, 0.717) is 36.0 Å². The summed E-state index contributed by atoms with van der Waals surface area (Å²) in [5, 5.41) is 5.07. The molecule has 0 bridgehead atoms. The molecule has 1 fully saturated rings. The molecule has 0 aromatic heterocycles. The van der Waals surface area contributed by atoms with E-state index < -0.39 is 20.0 Å². The number of hydrogen-bond donors (Lipinski definition) is 1. The summed E-state index contributed by atoms with van der Waals surface area (Å²) in [6.45, 7) is 16.6. The van der Waals surface area contributed by atoms with Crippen LogP contribution >= 0.6 is 0 Å². The quantitative estimate of drug-likeness (QED) is 0.106. The van der Waals surface area contributed by atoms with E-state index in [9.17, 15) is 14.4 Å². The fourth-order valence-corrected chi connectivity index (χ4v) is 12.7. The number of allylic oxidation sites excluding steroid dienone is 2. The fraction of sp³-hybridized carbons (Fsp3) is 0.413. The van der Waals surface area contributed by atoms with Gasteiger partial charge in [0.15, 0.2) is 5.60 Å². The van der Waals surface area contributed by atoms with E-state index in [1.54, 1.807) is 37.8 Å². The van der Waals surface area contributed by atoms with Gasteiger partial charge in [-0.05, 0) is 72.7 Å². The van der Waals surface area contributed by atoms with Gasteiger partial charge >= 0.3 is 6.09 Å². The largest absolute Gasteiger partial charge is 0.476 e. The zero-order chi connectivity index (χ0) is 40.5. The molecule has 298 valence electrons. The molecule has 1 heterocycles. The Bertz CT molecular complexity index is 1850. The van der Waals surface area contributed by atoms with E-state index in [4.69, 9.17) is 13.9 Å². The average molecular weight is 778 g/mol. The second-order valence-electron chi connectivity index (χ2n) is 16.1. The first-order valence-corrected chi connectivity index (χ1v) is 21.7. The lowest BCUT2D eigenvalue weighted by molar-refractivity contribution is -0.151. The number of likely N-dealkylation sites (N-methyl/N-ethyl adjacent to an activating group) is 1. The van der Waals surface area contributed by atoms with E-state index in [2.05, 4.69) is 93.3 Å². The highest BCUT2D eigenvalue weighted by atomic mass is 28.4. The highest BCUT2D eigenvalue weighted by Crippen LogP contribution is 2.49. The van der Waals surface area contributed by atoms with Gasteiger partial charge in [0.2, 0.25) is 5.91 Å². The first kappa shape index (κ1) is 42.2. The molecule has 1 saturated carbocycles. The van der Waals surface area contributed by atoms with Crippen LogP contribution in [0.3, 0.4) is 0 Å². The lowest BCUT2D eigenvalue weighted by Gasteiger charge is -2.46. The van der Waals surface area contributed by atoms with E-state index in [-0.39, 0.29) is 42.6 Å². The zero-order valence-corrected chi connectivity index (χ0v) is 35.2. The van der Waals surface area contributed by atoms with E-state index in [1.807, 2.05) is 37.4 Å².